The molecule has 1 heterocycles. The van der Waals surface area contributed by atoms with E-state index in [1.54, 1.807) is 19.3 Å². The SMILES string of the molecule is COc1cccc(F)c1C(=O)Cc1cn(C)nn1. The molecule has 94 valence electrons. The number of ether oxygens (including phenoxy) is 1. The van der Waals surface area contributed by atoms with Crippen molar-refractivity contribution in [3.05, 3.63) is 41.5 Å². The predicted octanol–water partition coefficient (Wildman–Crippen LogP) is 1.39. The first-order valence-corrected chi connectivity index (χ1v) is 5.32. The Labute approximate surface area is 103 Å². The molecule has 0 bridgehead atoms. The smallest absolute Gasteiger partial charge is 0.175 e. The third-order valence-corrected chi connectivity index (χ3v) is 2.47. The maximum absolute atomic E-state index is 13.7. The van der Waals surface area contributed by atoms with Crippen LogP contribution in [-0.4, -0.2) is 27.9 Å². The van der Waals surface area contributed by atoms with Gasteiger partial charge in [-0.1, -0.05) is 11.3 Å². The van der Waals surface area contributed by atoms with Crippen LogP contribution in [0, 0.1) is 5.82 Å². The highest BCUT2D eigenvalue weighted by atomic mass is 19.1. The summed E-state index contributed by atoms with van der Waals surface area (Å²) in [6.45, 7) is 0. The summed E-state index contributed by atoms with van der Waals surface area (Å²) in [5.41, 5.74) is 0.443. The highest BCUT2D eigenvalue weighted by Gasteiger charge is 2.18. The quantitative estimate of drug-likeness (QED) is 0.768. The van der Waals surface area contributed by atoms with Crippen LogP contribution >= 0.6 is 0 Å². The summed E-state index contributed by atoms with van der Waals surface area (Å²) in [7, 11) is 3.10. The van der Waals surface area contributed by atoms with E-state index in [2.05, 4.69) is 10.3 Å². The van der Waals surface area contributed by atoms with Gasteiger partial charge in [0.1, 0.15) is 11.6 Å². The Balaban J connectivity index is 2.28. The van der Waals surface area contributed by atoms with E-state index in [1.165, 1.54) is 23.9 Å². The van der Waals surface area contributed by atoms with Crippen molar-refractivity contribution in [2.24, 2.45) is 7.05 Å². The van der Waals surface area contributed by atoms with Crippen molar-refractivity contribution >= 4 is 5.78 Å². The molecule has 0 radical (unpaired) electrons. The molecule has 0 amide bonds. The number of Topliss-reactive ketones (excluding diaryl/α,β-unsaturated/α-hetero) is 1. The van der Waals surface area contributed by atoms with Crippen molar-refractivity contribution in [1.29, 1.82) is 0 Å². The minimum absolute atomic E-state index is 0.00880. The lowest BCUT2D eigenvalue weighted by molar-refractivity contribution is 0.0985. The number of hydrogen-bond acceptors (Lipinski definition) is 4. The van der Waals surface area contributed by atoms with Gasteiger partial charge in [-0.2, -0.15) is 0 Å². The maximum Gasteiger partial charge on any atom is 0.175 e. The summed E-state index contributed by atoms with van der Waals surface area (Å²) >= 11 is 0. The molecule has 0 saturated carbocycles. The fourth-order valence-corrected chi connectivity index (χ4v) is 1.67. The molecule has 1 aromatic heterocycles. The van der Waals surface area contributed by atoms with E-state index in [4.69, 9.17) is 4.74 Å². The number of benzene rings is 1. The van der Waals surface area contributed by atoms with Gasteiger partial charge < -0.3 is 4.74 Å². The van der Waals surface area contributed by atoms with E-state index >= 15 is 0 Å². The van der Waals surface area contributed by atoms with Gasteiger partial charge in [0.2, 0.25) is 0 Å². The van der Waals surface area contributed by atoms with Crippen LogP contribution in [0.3, 0.4) is 0 Å². The van der Waals surface area contributed by atoms with Crippen LogP contribution in [0.1, 0.15) is 16.1 Å². The lowest BCUT2D eigenvalue weighted by Crippen LogP contribution is -2.08. The molecule has 0 aliphatic heterocycles. The van der Waals surface area contributed by atoms with Gasteiger partial charge in [0.05, 0.1) is 24.8 Å². The second kappa shape index (κ2) is 4.95. The van der Waals surface area contributed by atoms with Crippen LogP contribution < -0.4 is 4.74 Å². The topological polar surface area (TPSA) is 57.0 Å². The fourth-order valence-electron chi connectivity index (χ4n) is 1.67. The number of nitrogens with zero attached hydrogens (tertiary/aromatic N) is 3. The van der Waals surface area contributed by atoms with E-state index in [9.17, 15) is 9.18 Å². The molecule has 0 aliphatic carbocycles. The Bertz CT molecular complexity index is 580. The number of ketones is 1. The molecule has 0 spiro atoms. The van der Waals surface area contributed by atoms with Crippen molar-refractivity contribution < 1.29 is 13.9 Å². The minimum Gasteiger partial charge on any atom is -0.496 e. The molecule has 0 atom stereocenters. The molecule has 0 N–H and O–H groups in total. The molecule has 0 saturated heterocycles. The van der Waals surface area contributed by atoms with E-state index in [1.807, 2.05) is 0 Å². The van der Waals surface area contributed by atoms with Crippen molar-refractivity contribution in [3.63, 3.8) is 0 Å². The number of rotatable bonds is 4. The second-order valence-corrected chi connectivity index (χ2v) is 3.80. The number of aryl methyl sites for hydroxylation is 1. The molecular weight excluding hydrogens is 237 g/mol. The van der Waals surface area contributed by atoms with Gasteiger partial charge >= 0.3 is 0 Å². The Kier molecular flexibility index (Phi) is 3.36. The van der Waals surface area contributed by atoms with Gasteiger partial charge in [0.25, 0.3) is 0 Å². The summed E-state index contributed by atoms with van der Waals surface area (Å²) in [5, 5.41) is 7.51. The summed E-state index contributed by atoms with van der Waals surface area (Å²) in [4.78, 5) is 12.0. The third kappa shape index (κ3) is 2.37. The van der Waals surface area contributed by atoms with Gasteiger partial charge in [-0.15, -0.1) is 5.10 Å². The maximum atomic E-state index is 13.7. The number of carbonyl (C=O) groups is 1. The van der Waals surface area contributed by atoms with Crippen molar-refractivity contribution in [2.45, 2.75) is 6.42 Å². The number of carbonyl (C=O) groups excluding carboxylic acids is 1. The van der Waals surface area contributed by atoms with Crippen molar-refractivity contribution in [1.82, 2.24) is 15.0 Å². The Hall–Kier alpha value is -2.24. The van der Waals surface area contributed by atoms with Crippen molar-refractivity contribution in [2.75, 3.05) is 7.11 Å². The molecule has 18 heavy (non-hydrogen) atoms. The van der Waals surface area contributed by atoms with Crippen LogP contribution in [-0.2, 0) is 13.5 Å². The normalized spacial score (nSPS) is 10.4. The first-order valence-electron chi connectivity index (χ1n) is 5.32. The Morgan fingerprint density at radius 2 is 2.28 bits per heavy atom. The lowest BCUT2D eigenvalue weighted by Gasteiger charge is -2.07. The van der Waals surface area contributed by atoms with E-state index in [0.29, 0.717) is 5.69 Å². The fraction of sp³-hybridized carbons (Fsp3) is 0.250. The lowest BCUT2D eigenvalue weighted by atomic mass is 10.1. The molecule has 2 rings (SSSR count). The summed E-state index contributed by atoms with van der Waals surface area (Å²) in [6, 6.07) is 4.27. The second-order valence-electron chi connectivity index (χ2n) is 3.80. The van der Waals surface area contributed by atoms with Crippen LogP contribution in [0.4, 0.5) is 4.39 Å². The molecule has 0 aliphatic rings. The van der Waals surface area contributed by atoms with Gasteiger partial charge in [0.15, 0.2) is 5.78 Å². The Morgan fingerprint density at radius 3 is 2.89 bits per heavy atom. The molecule has 0 fully saturated rings. The zero-order valence-electron chi connectivity index (χ0n) is 10.1. The average Bonchev–Trinajstić information content (AvgIpc) is 2.74. The monoisotopic (exact) mass is 249 g/mol. The highest BCUT2D eigenvalue weighted by Crippen LogP contribution is 2.22. The van der Waals surface area contributed by atoms with Crippen molar-refractivity contribution in [3.8, 4) is 5.75 Å². The van der Waals surface area contributed by atoms with Gasteiger partial charge in [-0.05, 0) is 12.1 Å². The molecule has 1 aromatic carbocycles. The van der Waals surface area contributed by atoms with Crippen LogP contribution in [0.5, 0.6) is 5.75 Å². The first kappa shape index (κ1) is 12.2. The highest BCUT2D eigenvalue weighted by molar-refractivity contribution is 6.00. The zero-order chi connectivity index (χ0) is 13.1. The minimum atomic E-state index is -0.594. The molecule has 0 unspecified atom stereocenters. The molecule has 5 nitrogen and oxygen atoms in total. The first-order chi connectivity index (χ1) is 8.61. The zero-order valence-corrected chi connectivity index (χ0v) is 10.1. The predicted molar refractivity (Wildman–Crippen MR) is 62.0 cm³/mol. The van der Waals surface area contributed by atoms with Gasteiger partial charge in [0, 0.05) is 13.2 Å². The standard InChI is InChI=1S/C12H12FN3O2/c1-16-7-8(14-15-16)6-10(17)12-9(13)4-3-5-11(12)18-2/h3-5,7H,6H2,1-2H3. The van der Waals surface area contributed by atoms with Crippen LogP contribution in [0.25, 0.3) is 0 Å². The number of halogens is 1. The largest absolute Gasteiger partial charge is 0.496 e. The average molecular weight is 249 g/mol. The summed E-state index contributed by atoms with van der Waals surface area (Å²) in [5.74, 6) is -0.752. The molecule has 6 heteroatoms. The third-order valence-electron chi connectivity index (χ3n) is 2.47. The van der Waals surface area contributed by atoms with Crippen LogP contribution in [0.2, 0.25) is 0 Å². The Morgan fingerprint density at radius 1 is 1.50 bits per heavy atom. The van der Waals surface area contributed by atoms with E-state index < -0.39 is 5.82 Å². The van der Waals surface area contributed by atoms with Gasteiger partial charge in [-0.3, -0.25) is 9.48 Å². The molecule has 2 aromatic rings. The molecular formula is C12H12FN3O2. The number of methoxy groups -OCH3 is 1. The summed E-state index contributed by atoms with van der Waals surface area (Å²) < 4.78 is 20.1. The number of hydrogen-bond donors (Lipinski definition) is 0. The number of aromatic nitrogens is 3. The van der Waals surface area contributed by atoms with Crippen LogP contribution in [0.15, 0.2) is 24.4 Å². The summed E-state index contributed by atoms with van der Waals surface area (Å²) in [6.07, 6.45) is 1.61. The van der Waals surface area contributed by atoms with E-state index in [-0.39, 0.29) is 23.5 Å². The van der Waals surface area contributed by atoms with E-state index in [0.717, 1.165) is 0 Å². The van der Waals surface area contributed by atoms with Gasteiger partial charge in [-0.25, -0.2) is 4.39 Å².